The van der Waals surface area contributed by atoms with Gasteiger partial charge in [0.25, 0.3) is 0 Å². The highest BCUT2D eigenvalue weighted by molar-refractivity contribution is 9.10. The molecule has 18 heavy (non-hydrogen) atoms. The van der Waals surface area contributed by atoms with E-state index < -0.39 is 10.0 Å². The predicted molar refractivity (Wildman–Crippen MR) is 72.7 cm³/mol. The zero-order chi connectivity index (χ0) is 13.2. The summed E-state index contributed by atoms with van der Waals surface area (Å²) in [6, 6.07) is 1.53. The average Bonchev–Trinajstić information content (AvgIpc) is 2.81. The van der Waals surface area contributed by atoms with Crippen molar-refractivity contribution in [1.29, 1.82) is 0 Å². The van der Waals surface area contributed by atoms with Crippen LogP contribution < -0.4 is 0 Å². The molecule has 0 fully saturated rings. The summed E-state index contributed by atoms with van der Waals surface area (Å²) in [6.07, 6.45) is 2.87. The number of aromatic nitrogens is 2. The molecule has 5 nitrogen and oxygen atoms in total. The van der Waals surface area contributed by atoms with Gasteiger partial charge in [0.15, 0.2) is 0 Å². The normalized spacial score (nSPS) is 11.9. The molecule has 0 atom stereocenters. The van der Waals surface area contributed by atoms with Crippen molar-refractivity contribution in [2.24, 2.45) is 0 Å². The third kappa shape index (κ3) is 2.94. The van der Waals surface area contributed by atoms with E-state index in [0.717, 1.165) is 5.69 Å². The lowest BCUT2D eigenvalue weighted by Gasteiger charge is -2.15. The van der Waals surface area contributed by atoms with Gasteiger partial charge < -0.3 is 0 Å². The lowest BCUT2D eigenvalue weighted by molar-refractivity contribution is 0.462. The first-order chi connectivity index (χ1) is 8.50. The van der Waals surface area contributed by atoms with Crippen molar-refractivity contribution in [1.82, 2.24) is 14.3 Å². The molecule has 0 aromatic carbocycles. The van der Waals surface area contributed by atoms with Crippen LogP contribution in [0.2, 0.25) is 0 Å². The van der Waals surface area contributed by atoms with Crippen LogP contribution in [0, 0.1) is 0 Å². The molecule has 8 heteroatoms. The van der Waals surface area contributed by atoms with Gasteiger partial charge in [-0.3, -0.25) is 4.98 Å². The number of rotatable bonds is 4. The molecule has 0 bridgehead atoms. The molecule has 2 aromatic heterocycles. The Morgan fingerprint density at radius 3 is 2.83 bits per heavy atom. The molecule has 2 rings (SSSR count). The molecule has 0 radical (unpaired) electrons. The Balaban J connectivity index is 2.25. The molecule has 0 amide bonds. The Bertz CT molecular complexity index is 628. The smallest absolute Gasteiger partial charge is 0.244 e. The van der Waals surface area contributed by atoms with Crippen molar-refractivity contribution < 1.29 is 8.42 Å². The van der Waals surface area contributed by atoms with Crippen molar-refractivity contribution in [2.45, 2.75) is 11.4 Å². The van der Waals surface area contributed by atoms with E-state index in [0.29, 0.717) is 4.47 Å². The number of nitrogens with zero attached hydrogens (tertiary/aromatic N) is 3. The topological polar surface area (TPSA) is 63.2 Å². The highest BCUT2D eigenvalue weighted by Crippen LogP contribution is 2.19. The van der Waals surface area contributed by atoms with Gasteiger partial charge in [-0.15, -0.1) is 11.3 Å². The van der Waals surface area contributed by atoms with E-state index in [-0.39, 0.29) is 11.4 Å². The molecule has 0 spiro atoms. The summed E-state index contributed by atoms with van der Waals surface area (Å²) < 4.78 is 26.4. The first-order valence-corrected chi connectivity index (χ1v) is 8.11. The van der Waals surface area contributed by atoms with E-state index >= 15 is 0 Å². The summed E-state index contributed by atoms with van der Waals surface area (Å²) in [5, 5.41) is 1.82. The van der Waals surface area contributed by atoms with E-state index in [1.807, 2.05) is 5.38 Å². The van der Waals surface area contributed by atoms with Gasteiger partial charge in [-0.2, -0.15) is 4.31 Å². The van der Waals surface area contributed by atoms with Crippen LogP contribution in [0.1, 0.15) is 5.69 Å². The Kier molecular flexibility index (Phi) is 4.10. The summed E-state index contributed by atoms with van der Waals surface area (Å²) in [7, 11) is -2.01. The first kappa shape index (κ1) is 13.6. The largest absolute Gasteiger partial charge is 0.262 e. The fraction of sp³-hybridized carbons (Fsp3) is 0.200. The Hall–Kier alpha value is -0.830. The van der Waals surface area contributed by atoms with Gasteiger partial charge in [-0.1, -0.05) is 0 Å². The first-order valence-electron chi connectivity index (χ1n) is 4.94. The second-order valence-corrected chi connectivity index (χ2v) is 7.26. The number of pyridine rings is 1. The minimum Gasteiger partial charge on any atom is -0.262 e. The summed E-state index contributed by atoms with van der Waals surface area (Å²) in [4.78, 5) is 8.09. The van der Waals surface area contributed by atoms with Gasteiger partial charge in [0.1, 0.15) is 4.90 Å². The summed E-state index contributed by atoms with van der Waals surface area (Å²) >= 11 is 4.65. The van der Waals surface area contributed by atoms with Gasteiger partial charge in [0, 0.05) is 29.3 Å². The molecule has 0 aliphatic heterocycles. The molecule has 0 N–H and O–H groups in total. The van der Waals surface area contributed by atoms with Crippen LogP contribution >= 0.6 is 27.3 Å². The lowest BCUT2D eigenvalue weighted by Crippen LogP contribution is -2.26. The van der Waals surface area contributed by atoms with Gasteiger partial charge >= 0.3 is 0 Å². The third-order valence-corrected chi connectivity index (χ3v) is 5.09. The van der Waals surface area contributed by atoms with Crippen molar-refractivity contribution >= 4 is 37.3 Å². The van der Waals surface area contributed by atoms with Gasteiger partial charge in [0.05, 0.1) is 17.7 Å². The Morgan fingerprint density at radius 1 is 1.44 bits per heavy atom. The second kappa shape index (κ2) is 5.43. The number of thiazole rings is 1. The van der Waals surface area contributed by atoms with E-state index in [1.165, 1.54) is 35.0 Å². The van der Waals surface area contributed by atoms with E-state index in [4.69, 9.17) is 0 Å². The molecule has 2 heterocycles. The monoisotopic (exact) mass is 347 g/mol. The van der Waals surface area contributed by atoms with Crippen LogP contribution in [0.3, 0.4) is 0 Å². The summed E-state index contributed by atoms with van der Waals surface area (Å²) in [5.41, 5.74) is 2.41. The average molecular weight is 348 g/mol. The van der Waals surface area contributed by atoms with Crippen molar-refractivity contribution in [3.8, 4) is 0 Å². The molecule has 0 saturated heterocycles. The van der Waals surface area contributed by atoms with Gasteiger partial charge in [-0.25, -0.2) is 13.4 Å². The van der Waals surface area contributed by atoms with Crippen LogP contribution in [0.4, 0.5) is 0 Å². The third-order valence-electron chi connectivity index (χ3n) is 2.26. The van der Waals surface area contributed by atoms with Crippen LogP contribution in [-0.2, 0) is 16.6 Å². The predicted octanol–water partition coefficient (Wildman–Crippen LogP) is 2.12. The molecule has 0 aliphatic rings. The standard InChI is InChI=1S/C10H10BrN3O2S2/c1-14(5-9-6-17-7-13-9)18(15,16)10-2-8(11)3-12-4-10/h2-4,6-7H,5H2,1H3. The maximum atomic E-state index is 12.3. The Labute approximate surface area is 118 Å². The summed E-state index contributed by atoms with van der Waals surface area (Å²) in [6.45, 7) is 0.248. The maximum Gasteiger partial charge on any atom is 0.244 e. The molecule has 0 saturated carbocycles. The zero-order valence-electron chi connectivity index (χ0n) is 9.45. The molecular weight excluding hydrogens is 338 g/mol. The maximum absolute atomic E-state index is 12.3. The Morgan fingerprint density at radius 2 is 2.22 bits per heavy atom. The minimum atomic E-state index is -3.53. The highest BCUT2D eigenvalue weighted by Gasteiger charge is 2.22. The zero-order valence-corrected chi connectivity index (χ0v) is 12.7. The number of hydrogen-bond acceptors (Lipinski definition) is 5. The van der Waals surface area contributed by atoms with Crippen molar-refractivity contribution in [3.63, 3.8) is 0 Å². The lowest BCUT2D eigenvalue weighted by atomic mass is 10.5. The molecule has 2 aromatic rings. The van der Waals surface area contributed by atoms with Crippen molar-refractivity contribution in [2.75, 3.05) is 7.05 Å². The van der Waals surface area contributed by atoms with Crippen LogP contribution in [0.5, 0.6) is 0 Å². The molecule has 96 valence electrons. The quantitative estimate of drug-likeness (QED) is 0.849. The number of hydrogen-bond donors (Lipinski definition) is 0. The second-order valence-electron chi connectivity index (χ2n) is 3.58. The van der Waals surface area contributed by atoms with Gasteiger partial charge in [-0.05, 0) is 22.0 Å². The fourth-order valence-electron chi connectivity index (χ4n) is 1.34. The van der Waals surface area contributed by atoms with E-state index in [2.05, 4.69) is 25.9 Å². The van der Waals surface area contributed by atoms with Crippen LogP contribution in [0.25, 0.3) is 0 Å². The van der Waals surface area contributed by atoms with Crippen LogP contribution in [-0.4, -0.2) is 29.7 Å². The SMILES string of the molecule is CN(Cc1cscn1)S(=O)(=O)c1cncc(Br)c1. The number of halogens is 1. The van der Waals surface area contributed by atoms with Crippen molar-refractivity contribution in [3.05, 3.63) is 39.5 Å². The highest BCUT2D eigenvalue weighted by atomic mass is 79.9. The van der Waals surface area contributed by atoms with E-state index in [1.54, 1.807) is 11.7 Å². The number of sulfonamides is 1. The molecule has 0 aliphatic carbocycles. The van der Waals surface area contributed by atoms with E-state index in [9.17, 15) is 8.42 Å². The van der Waals surface area contributed by atoms with Crippen LogP contribution in [0.15, 0.2) is 38.7 Å². The summed E-state index contributed by atoms with van der Waals surface area (Å²) in [5.74, 6) is 0. The fourth-order valence-corrected chi connectivity index (χ4v) is 3.54. The van der Waals surface area contributed by atoms with Gasteiger partial charge in [0.2, 0.25) is 10.0 Å². The minimum absolute atomic E-state index is 0.162. The molecular formula is C10H10BrN3O2S2. The molecule has 0 unspecified atom stereocenters.